The molecule has 6 heteroatoms. The Labute approximate surface area is 170 Å². The van der Waals surface area contributed by atoms with E-state index in [0.29, 0.717) is 29.2 Å². The summed E-state index contributed by atoms with van der Waals surface area (Å²) < 4.78 is 16.4. The van der Waals surface area contributed by atoms with Gasteiger partial charge in [0.05, 0.1) is 19.8 Å². The fourth-order valence-electron chi connectivity index (χ4n) is 3.97. The van der Waals surface area contributed by atoms with Gasteiger partial charge in [0, 0.05) is 43.8 Å². The molecule has 0 bridgehead atoms. The fraction of sp³-hybridized carbons (Fsp3) is 0.348. The highest BCUT2D eigenvalue weighted by molar-refractivity contribution is 5.88. The first-order valence-electron chi connectivity index (χ1n) is 9.82. The topological polar surface area (TPSA) is 55.2 Å². The number of para-hydroxylation sites is 1. The van der Waals surface area contributed by atoms with Gasteiger partial charge in [0.15, 0.2) is 11.3 Å². The molecule has 0 unspecified atom stereocenters. The van der Waals surface area contributed by atoms with E-state index in [1.807, 2.05) is 25.1 Å². The average Bonchev–Trinajstić information content (AvgIpc) is 2.77. The Kier molecular flexibility index (Phi) is 5.45. The lowest BCUT2D eigenvalue weighted by molar-refractivity contribution is 0.246. The minimum Gasteiger partial charge on any atom is -0.493 e. The first-order valence-corrected chi connectivity index (χ1v) is 9.82. The molecule has 0 aliphatic carbocycles. The molecule has 4 rings (SSSR count). The molecule has 6 nitrogen and oxygen atoms in total. The lowest BCUT2D eigenvalue weighted by atomic mass is 10.0. The van der Waals surface area contributed by atoms with Crippen molar-refractivity contribution in [3.05, 3.63) is 64.0 Å². The molecule has 0 saturated carbocycles. The number of methoxy groups -OCH3 is 2. The summed E-state index contributed by atoms with van der Waals surface area (Å²) in [5.41, 5.74) is 3.01. The van der Waals surface area contributed by atoms with Crippen molar-refractivity contribution in [2.75, 3.05) is 45.3 Å². The molecule has 0 radical (unpaired) electrons. The zero-order valence-corrected chi connectivity index (χ0v) is 17.1. The molecular weight excluding hydrogens is 368 g/mol. The number of rotatable bonds is 5. The summed E-state index contributed by atoms with van der Waals surface area (Å²) in [6, 6.07) is 14.2. The standard InChI is InChI=1S/C23H26N2O4/c1-16-18-9-10-20(27-2)22(28-3)21(18)29-23(26)19(16)15-24-11-13-25(14-12-24)17-7-5-4-6-8-17/h4-10H,11-15H2,1-3H3. The Morgan fingerprint density at radius 2 is 1.69 bits per heavy atom. The molecule has 1 saturated heterocycles. The molecule has 0 spiro atoms. The minimum atomic E-state index is -0.313. The summed E-state index contributed by atoms with van der Waals surface area (Å²) in [4.78, 5) is 17.5. The normalized spacial score (nSPS) is 14.9. The van der Waals surface area contributed by atoms with Crippen LogP contribution in [0.3, 0.4) is 0 Å². The molecule has 1 aromatic heterocycles. The maximum atomic E-state index is 12.8. The predicted octanol–water partition coefficient (Wildman–Crippen LogP) is 3.44. The predicted molar refractivity (Wildman–Crippen MR) is 114 cm³/mol. The third-order valence-electron chi connectivity index (χ3n) is 5.67. The fourth-order valence-corrected chi connectivity index (χ4v) is 3.97. The largest absolute Gasteiger partial charge is 0.493 e. The van der Waals surface area contributed by atoms with E-state index < -0.39 is 0 Å². The van der Waals surface area contributed by atoms with E-state index in [1.54, 1.807) is 14.2 Å². The van der Waals surface area contributed by atoms with Gasteiger partial charge in [0.1, 0.15) is 0 Å². The van der Waals surface area contributed by atoms with Gasteiger partial charge in [-0.1, -0.05) is 18.2 Å². The molecule has 1 aliphatic rings. The van der Waals surface area contributed by atoms with Crippen molar-refractivity contribution in [3.63, 3.8) is 0 Å². The summed E-state index contributed by atoms with van der Waals surface area (Å²) in [7, 11) is 3.12. The van der Waals surface area contributed by atoms with Gasteiger partial charge in [-0.05, 0) is 36.8 Å². The number of piperazine rings is 1. The van der Waals surface area contributed by atoms with Gasteiger partial charge in [-0.25, -0.2) is 4.79 Å². The van der Waals surface area contributed by atoms with Crippen LogP contribution >= 0.6 is 0 Å². The van der Waals surface area contributed by atoms with Crippen LogP contribution < -0.4 is 20.0 Å². The van der Waals surface area contributed by atoms with Crippen molar-refractivity contribution in [1.82, 2.24) is 4.90 Å². The van der Waals surface area contributed by atoms with Crippen molar-refractivity contribution < 1.29 is 13.9 Å². The first kappa shape index (κ1) is 19.3. The average molecular weight is 394 g/mol. The first-order chi connectivity index (χ1) is 14.1. The number of hydrogen-bond acceptors (Lipinski definition) is 6. The van der Waals surface area contributed by atoms with Crippen LogP contribution in [-0.2, 0) is 6.54 Å². The highest BCUT2D eigenvalue weighted by atomic mass is 16.5. The van der Waals surface area contributed by atoms with Crippen LogP contribution in [0.15, 0.2) is 51.7 Å². The van der Waals surface area contributed by atoms with Crippen LogP contribution in [-0.4, -0.2) is 45.3 Å². The van der Waals surface area contributed by atoms with E-state index in [-0.39, 0.29) is 5.63 Å². The van der Waals surface area contributed by atoms with Crippen molar-refractivity contribution in [1.29, 1.82) is 0 Å². The third kappa shape index (κ3) is 3.68. The van der Waals surface area contributed by atoms with E-state index in [2.05, 4.69) is 34.1 Å². The minimum absolute atomic E-state index is 0.313. The van der Waals surface area contributed by atoms with Crippen molar-refractivity contribution in [2.24, 2.45) is 0 Å². The van der Waals surface area contributed by atoms with Crippen LogP contribution in [0.5, 0.6) is 11.5 Å². The zero-order chi connectivity index (χ0) is 20.4. The second-order valence-corrected chi connectivity index (χ2v) is 7.27. The van der Waals surface area contributed by atoms with Gasteiger partial charge in [0.25, 0.3) is 0 Å². The van der Waals surface area contributed by atoms with E-state index >= 15 is 0 Å². The van der Waals surface area contributed by atoms with Crippen LogP contribution in [0.4, 0.5) is 5.69 Å². The lowest BCUT2D eigenvalue weighted by Gasteiger charge is -2.36. The van der Waals surface area contributed by atoms with E-state index in [1.165, 1.54) is 5.69 Å². The Morgan fingerprint density at radius 3 is 2.34 bits per heavy atom. The van der Waals surface area contributed by atoms with Gasteiger partial charge < -0.3 is 18.8 Å². The number of benzene rings is 2. The highest BCUT2D eigenvalue weighted by Crippen LogP contribution is 2.36. The van der Waals surface area contributed by atoms with Crippen LogP contribution in [0.1, 0.15) is 11.1 Å². The SMILES string of the molecule is COc1ccc2c(C)c(CN3CCN(c4ccccc4)CC3)c(=O)oc2c1OC. The zero-order valence-electron chi connectivity index (χ0n) is 17.1. The quantitative estimate of drug-likeness (QED) is 0.618. The molecule has 2 heterocycles. The molecule has 152 valence electrons. The number of fused-ring (bicyclic) bond motifs is 1. The molecule has 29 heavy (non-hydrogen) atoms. The Bertz CT molecular complexity index is 1050. The molecular formula is C23H26N2O4. The van der Waals surface area contributed by atoms with Crippen molar-refractivity contribution >= 4 is 16.7 Å². The highest BCUT2D eigenvalue weighted by Gasteiger charge is 2.22. The Hall–Kier alpha value is -2.99. The third-order valence-corrected chi connectivity index (χ3v) is 5.67. The second kappa shape index (κ2) is 8.17. The van der Waals surface area contributed by atoms with Crippen LogP contribution in [0.2, 0.25) is 0 Å². The van der Waals surface area contributed by atoms with Gasteiger partial charge >= 0.3 is 5.63 Å². The number of anilines is 1. The maximum Gasteiger partial charge on any atom is 0.341 e. The summed E-state index contributed by atoms with van der Waals surface area (Å²) in [6.45, 7) is 6.23. The lowest BCUT2D eigenvalue weighted by Crippen LogP contribution is -2.46. The number of hydrogen-bond donors (Lipinski definition) is 0. The maximum absolute atomic E-state index is 12.8. The molecule has 2 aromatic carbocycles. The molecule has 1 fully saturated rings. The van der Waals surface area contributed by atoms with Gasteiger partial charge in [-0.3, -0.25) is 4.90 Å². The summed E-state index contributed by atoms with van der Waals surface area (Å²) in [5.74, 6) is 1.00. The van der Waals surface area contributed by atoms with E-state index in [4.69, 9.17) is 13.9 Å². The van der Waals surface area contributed by atoms with Gasteiger partial charge in [-0.15, -0.1) is 0 Å². The van der Waals surface area contributed by atoms with Crippen LogP contribution in [0, 0.1) is 6.92 Å². The summed E-state index contributed by atoms with van der Waals surface area (Å²) >= 11 is 0. The number of aryl methyl sites for hydroxylation is 1. The summed E-state index contributed by atoms with van der Waals surface area (Å²) in [5, 5.41) is 0.875. The van der Waals surface area contributed by atoms with Crippen molar-refractivity contribution in [2.45, 2.75) is 13.5 Å². The Morgan fingerprint density at radius 1 is 0.966 bits per heavy atom. The van der Waals surface area contributed by atoms with Crippen molar-refractivity contribution in [3.8, 4) is 11.5 Å². The van der Waals surface area contributed by atoms with Crippen LogP contribution in [0.25, 0.3) is 11.0 Å². The van der Waals surface area contributed by atoms with Gasteiger partial charge in [0.2, 0.25) is 5.75 Å². The number of nitrogens with zero attached hydrogens (tertiary/aromatic N) is 2. The smallest absolute Gasteiger partial charge is 0.341 e. The Balaban J connectivity index is 1.57. The molecule has 3 aromatic rings. The number of ether oxygens (including phenoxy) is 2. The van der Waals surface area contributed by atoms with E-state index in [0.717, 1.165) is 37.1 Å². The molecule has 1 aliphatic heterocycles. The monoisotopic (exact) mass is 394 g/mol. The second-order valence-electron chi connectivity index (χ2n) is 7.27. The molecule has 0 amide bonds. The van der Waals surface area contributed by atoms with E-state index in [9.17, 15) is 4.79 Å². The molecule has 0 N–H and O–H groups in total. The summed E-state index contributed by atoms with van der Waals surface area (Å²) in [6.07, 6.45) is 0. The van der Waals surface area contributed by atoms with Gasteiger partial charge in [-0.2, -0.15) is 0 Å². The molecule has 0 atom stereocenters.